The summed E-state index contributed by atoms with van der Waals surface area (Å²) in [4.78, 5) is 28.3. The number of hydrogen-bond donors (Lipinski definition) is 1. The van der Waals surface area contributed by atoms with Gasteiger partial charge in [0.1, 0.15) is 12.4 Å². The molecule has 7 heteroatoms. The van der Waals surface area contributed by atoms with E-state index in [2.05, 4.69) is 10.3 Å². The van der Waals surface area contributed by atoms with Crippen LogP contribution in [0.25, 0.3) is 0 Å². The second-order valence-corrected chi connectivity index (χ2v) is 6.00. The number of hydrogen-bond acceptors (Lipinski definition) is 5. The van der Waals surface area contributed by atoms with E-state index in [4.69, 9.17) is 21.1 Å². The predicted molar refractivity (Wildman–Crippen MR) is 93.7 cm³/mol. The Hall–Kier alpha value is -2.60. The summed E-state index contributed by atoms with van der Waals surface area (Å²) in [6.07, 6.45) is 1.83. The van der Waals surface area contributed by atoms with Crippen molar-refractivity contribution in [1.82, 2.24) is 10.3 Å². The van der Waals surface area contributed by atoms with Crippen molar-refractivity contribution in [3.63, 3.8) is 0 Å². The molecule has 1 heterocycles. The fourth-order valence-electron chi connectivity index (χ4n) is 1.92. The van der Waals surface area contributed by atoms with Crippen LogP contribution in [0, 0.1) is 0 Å². The molecular formula is C18H19ClN2O4. The maximum Gasteiger partial charge on any atom is 0.340 e. The first-order chi connectivity index (χ1) is 12.0. The standard InChI is InChI=1S/C18H19ClN2O4/c1-12(2)21-17(22)16(11-24-15-7-5-14(19)6-8-15)25-18(23)13-4-3-9-20-10-13/h3-10,12,16H,11H2,1-2H3,(H,21,22). The van der Waals surface area contributed by atoms with E-state index in [0.717, 1.165) is 0 Å². The highest BCUT2D eigenvalue weighted by molar-refractivity contribution is 6.30. The molecule has 0 saturated heterocycles. The minimum atomic E-state index is -1.09. The molecule has 2 aromatic rings. The van der Waals surface area contributed by atoms with E-state index in [1.165, 1.54) is 6.20 Å². The molecule has 0 bridgehead atoms. The van der Waals surface area contributed by atoms with Crippen molar-refractivity contribution in [2.45, 2.75) is 26.0 Å². The van der Waals surface area contributed by atoms with Crippen LogP contribution in [0.4, 0.5) is 0 Å². The van der Waals surface area contributed by atoms with Crippen LogP contribution in [0.2, 0.25) is 5.02 Å². The number of halogens is 1. The van der Waals surface area contributed by atoms with Crippen LogP contribution in [0.1, 0.15) is 24.2 Å². The van der Waals surface area contributed by atoms with Gasteiger partial charge in [-0.25, -0.2) is 4.79 Å². The number of carbonyl (C=O) groups is 2. The van der Waals surface area contributed by atoms with Crippen LogP contribution in [-0.4, -0.2) is 35.6 Å². The molecule has 2 rings (SSSR count). The lowest BCUT2D eigenvalue weighted by molar-refractivity contribution is -0.132. The first-order valence-electron chi connectivity index (χ1n) is 7.75. The second kappa shape index (κ2) is 9.03. The highest BCUT2D eigenvalue weighted by Crippen LogP contribution is 2.16. The normalized spacial score (nSPS) is 11.7. The van der Waals surface area contributed by atoms with Crippen LogP contribution >= 0.6 is 11.6 Å². The van der Waals surface area contributed by atoms with Crippen LogP contribution in [0.3, 0.4) is 0 Å². The Morgan fingerprint density at radius 3 is 2.52 bits per heavy atom. The Morgan fingerprint density at radius 2 is 1.92 bits per heavy atom. The quantitative estimate of drug-likeness (QED) is 0.766. The maximum atomic E-state index is 12.3. The first kappa shape index (κ1) is 18.7. The zero-order chi connectivity index (χ0) is 18.2. The number of rotatable bonds is 7. The van der Waals surface area contributed by atoms with Crippen LogP contribution in [0.5, 0.6) is 5.75 Å². The highest BCUT2D eigenvalue weighted by atomic mass is 35.5. The third-order valence-electron chi connectivity index (χ3n) is 3.08. The Morgan fingerprint density at radius 1 is 1.20 bits per heavy atom. The SMILES string of the molecule is CC(C)NC(=O)C(COc1ccc(Cl)cc1)OC(=O)c1cccnc1. The van der Waals surface area contributed by atoms with Gasteiger partial charge >= 0.3 is 5.97 Å². The fourth-order valence-corrected chi connectivity index (χ4v) is 2.05. The number of aromatic nitrogens is 1. The van der Waals surface area contributed by atoms with Gasteiger partial charge in [-0.05, 0) is 50.2 Å². The Kier molecular flexibility index (Phi) is 6.77. The monoisotopic (exact) mass is 362 g/mol. The third-order valence-corrected chi connectivity index (χ3v) is 3.34. The third kappa shape index (κ3) is 6.08. The summed E-state index contributed by atoms with van der Waals surface area (Å²) in [5, 5.41) is 3.29. The topological polar surface area (TPSA) is 77.5 Å². The number of pyridine rings is 1. The summed E-state index contributed by atoms with van der Waals surface area (Å²) in [6.45, 7) is 3.52. The lowest BCUT2D eigenvalue weighted by Gasteiger charge is -2.19. The fraction of sp³-hybridized carbons (Fsp3) is 0.278. The molecule has 25 heavy (non-hydrogen) atoms. The first-order valence-corrected chi connectivity index (χ1v) is 8.13. The number of esters is 1. The number of ether oxygens (including phenoxy) is 2. The van der Waals surface area contributed by atoms with Crippen molar-refractivity contribution >= 4 is 23.5 Å². The van der Waals surface area contributed by atoms with Crippen molar-refractivity contribution < 1.29 is 19.1 Å². The van der Waals surface area contributed by atoms with Crippen molar-refractivity contribution in [3.8, 4) is 5.75 Å². The molecule has 0 radical (unpaired) electrons. The summed E-state index contributed by atoms with van der Waals surface area (Å²) >= 11 is 5.82. The zero-order valence-corrected chi connectivity index (χ0v) is 14.7. The minimum absolute atomic E-state index is 0.0948. The van der Waals surface area contributed by atoms with E-state index in [1.54, 1.807) is 42.6 Å². The largest absolute Gasteiger partial charge is 0.489 e. The summed E-state index contributed by atoms with van der Waals surface area (Å²) < 4.78 is 10.9. The molecule has 6 nitrogen and oxygen atoms in total. The molecule has 0 fully saturated rings. The highest BCUT2D eigenvalue weighted by Gasteiger charge is 2.25. The van der Waals surface area contributed by atoms with E-state index in [-0.39, 0.29) is 18.2 Å². The van der Waals surface area contributed by atoms with Gasteiger partial charge < -0.3 is 14.8 Å². The molecule has 132 valence electrons. The average molecular weight is 363 g/mol. The van der Waals surface area contributed by atoms with Gasteiger partial charge in [0.15, 0.2) is 0 Å². The van der Waals surface area contributed by atoms with Gasteiger partial charge in [0.25, 0.3) is 5.91 Å². The van der Waals surface area contributed by atoms with E-state index in [9.17, 15) is 9.59 Å². The predicted octanol–water partition coefficient (Wildman–Crippen LogP) is 2.86. The Bertz CT molecular complexity index is 705. The summed E-state index contributed by atoms with van der Waals surface area (Å²) in [5.41, 5.74) is 0.260. The lowest BCUT2D eigenvalue weighted by Crippen LogP contribution is -2.44. The molecule has 1 atom stereocenters. The summed E-state index contributed by atoms with van der Waals surface area (Å²) in [5.74, 6) is -0.554. The Labute approximate surface area is 151 Å². The second-order valence-electron chi connectivity index (χ2n) is 5.56. The van der Waals surface area contributed by atoms with Crippen molar-refractivity contribution in [2.24, 2.45) is 0 Å². The number of carbonyl (C=O) groups excluding carboxylic acids is 2. The molecular weight excluding hydrogens is 344 g/mol. The number of nitrogens with zero attached hydrogens (tertiary/aromatic N) is 1. The summed E-state index contributed by atoms with van der Waals surface area (Å²) in [7, 11) is 0. The van der Waals surface area contributed by atoms with E-state index in [0.29, 0.717) is 10.8 Å². The lowest BCUT2D eigenvalue weighted by atomic mass is 10.2. The van der Waals surface area contributed by atoms with Gasteiger partial charge in [-0.1, -0.05) is 11.6 Å². The molecule has 1 aromatic carbocycles. The summed E-state index contributed by atoms with van der Waals surface area (Å²) in [6, 6.07) is 9.76. The average Bonchev–Trinajstić information content (AvgIpc) is 2.60. The van der Waals surface area contributed by atoms with Gasteiger partial charge in [-0.3, -0.25) is 9.78 Å². The number of amides is 1. The molecule has 0 aliphatic heterocycles. The van der Waals surface area contributed by atoms with Gasteiger partial charge in [-0.2, -0.15) is 0 Å². The van der Waals surface area contributed by atoms with Gasteiger partial charge in [-0.15, -0.1) is 0 Å². The van der Waals surface area contributed by atoms with Gasteiger partial charge in [0, 0.05) is 23.5 Å². The smallest absolute Gasteiger partial charge is 0.340 e. The molecule has 1 aromatic heterocycles. The van der Waals surface area contributed by atoms with Gasteiger partial charge in [0.2, 0.25) is 6.10 Å². The van der Waals surface area contributed by atoms with E-state index < -0.39 is 18.0 Å². The molecule has 1 unspecified atom stereocenters. The van der Waals surface area contributed by atoms with Crippen molar-refractivity contribution in [1.29, 1.82) is 0 Å². The molecule has 1 N–H and O–H groups in total. The minimum Gasteiger partial charge on any atom is -0.489 e. The van der Waals surface area contributed by atoms with Gasteiger partial charge in [0.05, 0.1) is 5.56 Å². The zero-order valence-electron chi connectivity index (χ0n) is 13.9. The molecule has 0 aliphatic rings. The number of nitrogens with one attached hydrogen (secondary N) is 1. The van der Waals surface area contributed by atoms with E-state index >= 15 is 0 Å². The van der Waals surface area contributed by atoms with Crippen molar-refractivity contribution in [2.75, 3.05) is 6.61 Å². The molecule has 0 saturated carbocycles. The van der Waals surface area contributed by atoms with Crippen LogP contribution < -0.4 is 10.1 Å². The van der Waals surface area contributed by atoms with E-state index in [1.807, 2.05) is 13.8 Å². The molecule has 1 amide bonds. The van der Waals surface area contributed by atoms with Crippen molar-refractivity contribution in [3.05, 3.63) is 59.4 Å². The maximum absolute atomic E-state index is 12.3. The Balaban J connectivity index is 2.05. The molecule has 0 spiro atoms. The van der Waals surface area contributed by atoms with Crippen LogP contribution in [-0.2, 0) is 9.53 Å². The number of benzene rings is 1. The molecule has 0 aliphatic carbocycles. The van der Waals surface area contributed by atoms with Crippen LogP contribution in [0.15, 0.2) is 48.8 Å².